The van der Waals surface area contributed by atoms with E-state index in [2.05, 4.69) is 15.4 Å². The predicted molar refractivity (Wildman–Crippen MR) is 119 cm³/mol. The number of benzene rings is 2. The van der Waals surface area contributed by atoms with E-state index >= 15 is 0 Å². The van der Waals surface area contributed by atoms with Crippen LogP contribution in [-0.2, 0) is 14.8 Å². The SMILES string of the molecule is CC(C)C(=O)Nc1ccc(C(=O)NCCNS(=O)(=O)c2cc(Cl)c(Cl)cc2Cl)cc1. The molecule has 0 fully saturated rings. The minimum absolute atomic E-state index is 0.0445. The summed E-state index contributed by atoms with van der Waals surface area (Å²) in [6.45, 7) is 3.54. The number of carbonyl (C=O) groups excluding carboxylic acids is 2. The van der Waals surface area contributed by atoms with Gasteiger partial charge >= 0.3 is 0 Å². The van der Waals surface area contributed by atoms with Crippen molar-refractivity contribution in [1.82, 2.24) is 10.0 Å². The summed E-state index contributed by atoms with van der Waals surface area (Å²) in [4.78, 5) is 23.7. The number of anilines is 1. The van der Waals surface area contributed by atoms with E-state index in [0.29, 0.717) is 11.3 Å². The third-order valence-corrected chi connectivity index (χ3v) is 6.55. The highest BCUT2D eigenvalue weighted by atomic mass is 35.5. The smallest absolute Gasteiger partial charge is 0.251 e. The van der Waals surface area contributed by atoms with Gasteiger partial charge in [0, 0.05) is 30.3 Å². The van der Waals surface area contributed by atoms with E-state index in [4.69, 9.17) is 34.8 Å². The maximum Gasteiger partial charge on any atom is 0.251 e. The van der Waals surface area contributed by atoms with Gasteiger partial charge < -0.3 is 10.6 Å². The van der Waals surface area contributed by atoms with E-state index in [1.807, 2.05) is 0 Å². The van der Waals surface area contributed by atoms with Crippen LogP contribution < -0.4 is 15.4 Å². The maximum atomic E-state index is 12.4. The Morgan fingerprint density at radius 3 is 2.13 bits per heavy atom. The van der Waals surface area contributed by atoms with Gasteiger partial charge in [0.15, 0.2) is 0 Å². The Morgan fingerprint density at radius 2 is 1.53 bits per heavy atom. The molecule has 0 bridgehead atoms. The number of nitrogens with one attached hydrogen (secondary N) is 3. The molecule has 3 N–H and O–H groups in total. The second-order valence-electron chi connectivity index (χ2n) is 6.57. The number of amides is 2. The molecule has 30 heavy (non-hydrogen) atoms. The maximum absolute atomic E-state index is 12.4. The molecule has 2 aromatic carbocycles. The van der Waals surface area contributed by atoms with Gasteiger partial charge in [-0.25, -0.2) is 13.1 Å². The molecule has 0 atom stereocenters. The van der Waals surface area contributed by atoms with Crippen molar-refractivity contribution in [3.8, 4) is 0 Å². The minimum atomic E-state index is -3.93. The van der Waals surface area contributed by atoms with Crippen LogP contribution in [0.3, 0.4) is 0 Å². The highest BCUT2D eigenvalue weighted by molar-refractivity contribution is 7.89. The molecule has 11 heteroatoms. The number of rotatable bonds is 8. The van der Waals surface area contributed by atoms with Crippen LogP contribution in [0, 0.1) is 5.92 Å². The van der Waals surface area contributed by atoms with Crippen molar-refractivity contribution in [2.75, 3.05) is 18.4 Å². The molecule has 0 aliphatic rings. The van der Waals surface area contributed by atoms with Crippen LogP contribution in [0.5, 0.6) is 0 Å². The number of carbonyl (C=O) groups is 2. The average Bonchev–Trinajstić information content (AvgIpc) is 2.68. The Labute approximate surface area is 190 Å². The Hall–Kier alpha value is -1.84. The van der Waals surface area contributed by atoms with E-state index in [1.54, 1.807) is 38.1 Å². The first kappa shape index (κ1) is 24.4. The molecule has 0 heterocycles. The zero-order chi connectivity index (χ0) is 22.5. The molecule has 0 aliphatic carbocycles. The Morgan fingerprint density at radius 1 is 0.933 bits per heavy atom. The fourth-order valence-corrected chi connectivity index (χ4v) is 4.27. The Kier molecular flexibility index (Phi) is 8.52. The summed E-state index contributed by atoms with van der Waals surface area (Å²) in [5.41, 5.74) is 0.949. The second kappa shape index (κ2) is 10.5. The highest BCUT2D eigenvalue weighted by Gasteiger charge is 2.19. The fraction of sp³-hybridized carbons (Fsp3) is 0.263. The Bertz CT molecular complexity index is 1040. The van der Waals surface area contributed by atoms with Crippen molar-refractivity contribution >= 4 is 62.3 Å². The summed E-state index contributed by atoms with van der Waals surface area (Å²) < 4.78 is 27.1. The molecule has 0 saturated carbocycles. The van der Waals surface area contributed by atoms with Crippen molar-refractivity contribution in [1.29, 1.82) is 0 Å². The summed E-state index contributed by atoms with van der Waals surface area (Å²) in [6, 6.07) is 8.76. The normalized spacial score (nSPS) is 11.4. The highest BCUT2D eigenvalue weighted by Crippen LogP contribution is 2.31. The summed E-state index contributed by atoms with van der Waals surface area (Å²) in [7, 11) is -3.93. The van der Waals surface area contributed by atoms with Gasteiger partial charge in [0.2, 0.25) is 15.9 Å². The van der Waals surface area contributed by atoms with Gasteiger partial charge in [0.1, 0.15) is 4.90 Å². The van der Waals surface area contributed by atoms with Crippen LogP contribution in [0.2, 0.25) is 15.1 Å². The van der Waals surface area contributed by atoms with E-state index in [1.165, 1.54) is 6.07 Å². The van der Waals surface area contributed by atoms with E-state index < -0.39 is 10.0 Å². The van der Waals surface area contributed by atoms with Gasteiger partial charge in [-0.15, -0.1) is 0 Å². The molecule has 0 aromatic heterocycles. The standard InChI is InChI=1S/C19H20Cl3N3O4S/c1-11(2)18(26)25-13-5-3-12(4-6-13)19(27)23-7-8-24-30(28,29)17-10-15(21)14(20)9-16(17)22/h3-6,9-11,24H,7-8H2,1-2H3,(H,23,27)(H,25,26). The number of hydrogen-bond donors (Lipinski definition) is 3. The minimum Gasteiger partial charge on any atom is -0.351 e. The molecule has 2 rings (SSSR count). The molecule has 0 unspecified atom stereocenters. The van der Waals surface area contributed by atoms with Crippen LogP contribution in [0.1, 0.15) is 24.2 Å². The second-order valence-corrected chi connectivity index (χ2v) is 9.53. The first-order chi connectivity index (χ1) is 14.0. The lowest BCUT2D eigenvalue weighted by molar-refractivity contribution is -0.118. The number of hydrogen-bond acceptors (Lipinski definition) is 4. The zero-order valence-electron chi connectivity index (χ0n) is 16.1. The average molecular weight is 493 g/mol. The number of halogens is 3. The first-order valence-corrected chi connectivity index (χ1v) is 11.5. The third kappa shape index (κ3) is 6.58. The van der Waals surface area contributed by atoms with Crippen molar-refractivity contribution < 1.29 is 18.0 Å². The summed E-state index contributed by atoms with van der Waals surface area (Å²) in [5, 5.41) is 5.47. The third-order valence-electron chi connectivity index (χ3n) is 3.91. The van der Waals surface area contributed by atoms with Crippen molar-refractivity contribution in [2.45, 2.75) is 18.7 Å². The molecule has 7 nitrogen and oxygen atoms in total. The van der Waals surface area contributed by atoms with E-state index in [-0.39, 0.29) is 50.8 Å². The van der Waals surface area contributed by atoms with Gasteiger partial charge in [-0.1, -0.05) is 48.7 Å². The summed E-state index contributed by atoms with van der Waals surface area (Å²) >= 11 is 17.6. The predicted octanol–water partition coefficient (Wildman–Crippen LogP) is 3.95. The van der Waals surface area contributed by atoms with Gasteiger partial charge in [0.25, 0.3) is 5.91 Å². The zero-order valence-corrected chi connectivity index (χ0v) is 19.2. The van der Waals surface area contributed by atoms with Gasteiger partial charge in [-0.3, -0.25) is 9.59 Å². The molecule has 0 radical (unpaired) electrons. The molecule has 162 valence electrons. The van der Waals surface area contributed by atoms with Crippen molar-refractivity contribution in [3.63, 3.8) is 0 Å². The Balaban J connectivity index is 1.89. The van der Waals surface area contributed by atoms with Crippen LogP contribution >= 0.6 is 34.8 Å². The fourth-order valence-electron chi connectivity index (χ4n) is 2.24. The lowest BCUT2D eigenvalue weighted by atomic mass is 10.1. The van der Waals surface area contributed by atoms with Crippen LogP contribution in [-0.4, -0.2) is 33.3 Å². The largest absolute Gasteiger partial charge is 0.351 e. The van der Waals surface area contributed by atoms with Gasteiger partial charge in [0.05, 0.1) is 15.1 Å². The van der Waals surface area contributed by atoms with Gasteiger partial charge in [-0.2, -0.15) is 0 Å². The monoisotopic (exact) mass is 491 g/mol. The topological polar surface area (TPSA) is 104 Å². The van der Waals surface area contributed by atoms with Crippen molar-refractivity contribution in [2.24, 2.45) is 5.92 Å². The molecule has 0 saturated heterocycles. The van der Waals surface area contributed by atoms with E-state index in [9.17, 15) is 18.0 Å². The molecular formula is C19H20Cl3N3O4S. The number of sulfonamides is 1. The lowest BCUT2D eigenvalue weighted by Crippen LogP contribution is -2.34. The van der Waals surface area contributed by atoms with E-state index in [0.717, 1.165) is 6.07 Å². The molecular weight excluding hydrogens is 473 g/mol. The van der Waals surface area contributed by atoms with Crippen LogP contribution in [0.15, 0.2) is 41.3 Å². The molecule has 0 aliphatic heterocycles. The van der Waals surface area contributed by atoms with Crippen LogP contribution in [0.25, 0.3) is 0 Å². The molecule has 0 spiro atoms. The first-order valence-electron chi connectivity index (χ1n) is 8.84. The molecule has 2 amide bonds. The van der Waals surface area contributed by atoms with Crippen LogP contribution in [0.4, 0.5) is 5.69 Å². The quantitative estimate of drug-likeness (QED) is 0.383. The van der Waals surface area contributed by atoms with Crippen molar-refractivity contribution in [3.05, 3.63) is 57.0 Å². The van der Waals surface area contributed by atoms with Gasteiger partial charge in [-0.05, 0) is 36.4 Å². The molecule has 2 aromatic rings. The summed E-state index contributed by atoms with van der Waals surface area (Å²) in [5.74, 6) is -0.666. The lowest BCUT2D eigenvalue weighted by Gasteiger charge is -2.11. The summed E-state index contributed by atoms with van der Waals surface area (Å²) in [6.07, 6.45) is 0.